The molecule has 1 aliphatic rings. The normalized spacial score (nSPS) is 20.7. The molecule has 1 fully saturated rings. The predicted molar refractivity (Wildman–Crippen MR) is 88.6 cm³/mol. The van der Waals surface area contributed by atoms with E-state index in [1.807, 2.05) is 12.3 Å². The van der Waals surface area contributed by atoms with Crippen LogP contribution in [0.15, 0.2) is 30.5 Å². The number of aromatic nitrogens is 1. The van der Waals surface area contributed by atoms with Crippen molar-refractivity contribution in [1.82, 2.24) is 9.88 Å². The molecule has 0 aliphatic carbocycles. The van der Waals surface area contributed by atoms with Crippen LogP contribution in [-0.2, 0) is 6.54 Å². The molecule has 0 bridgehead atoms. The van der Waals surface area contributed by atoms with Crippen molar-refractivity contribution in [3.05, 3.63) is 36.0 Å². The average Bonchev–Trinajstić information content (AvgIpc) is 2.66. The van der Waals surface area contributed by atoms with Gasteiger partial charge in [0.15, 0.2) is 0 Å². The maximum atomic E-state index is 5.98. The van der Waals surface area contributed by atoms with Gasteiger partial charge in [-0.15, -0.1) is 0 Å². The van der Waals surface area contributed by atoms with Crippen molar-refractivity contribution < 1.29 is 0 Å². The first kappa shape index (κ1) is 14.3. The zero-order valence-corrected chi connectivity index (χ0v) is 12.9. The summed E-state index contributed by atoms with van der Waals surface area (Å²) in [5.74, 6) is 0. The van der Waals surface area contributed by atoms with Gasteiger partial charge in [0.2, 0.25) is 0 Å². The number of pyridine rings is 1. The van der Waals surface area contributed by atoms with Gasteiger partial charge in [-0.25, -0.2) is 0 Å². The van der Waals surface area contributed by atoms with E-state index in [9.17, 15) is 0 Å². The van der Waals surface area contributed by atoms with Crippen LogP contribution in [0.4, 0.5) is 5.69 Å². The third kappa shape index (κ3) is 2.74. The first-order valence-electron chi connectivity index (χ1n) is 7.72. The second kappa shape index (κ2) is 6.00. The molecule has 0 radical (unpaired) electrons. The number of hydrogen-bond donors (Lipinski definition) is 1. The van der Waals surface area contributed by atoms with Crippen molar-refractivity contribution >= 4 is 16.6 Å². The van der Waals surface area contributed by atoms with Crippen molar-refractivity contribution in [1.29, 1.82) is 0 Å². The summed E-state index contributed by atoms with van der Waals surface area (Å²) in [7, 11) is 2.20. The summed E-state index contributed by atoms with van der Waals surface area (Å²) in [6, 6.07) is 8.85. The number of likely N-dealkylation sites (N-methyl/N-ethyl adjacent to an activating group) is 1. The molecular formula is C17H24N4. The highest BCUT2D eigenvalue weighted by atomic mass is 15.2. The monoisotopic (exact) mass is 284 g/mol. The molecule has 1 aliphatic heterocycles. The van der Waals surface area contributed by atoms with Crippen LogP contribution in [0.2, 0.25) is 0 Å². The minimum atomic E-state index is 0.480. The first-order valence-corrected chi connectivity index (χ1v) is 7.72. The van der Waals surface area contributed by atoms with Gasteiger partial charge in [0.1, 0.15) is 0 Å². The van der Waals surface area contributed by atoms with E-state index in [0.717, 1.165) is 30.7 Å². The second-order valence-electron chi connectivity index (χ2n) is 6.01. The zero-order chi connectivity index (χ0) is 14.8. The number of nitrogens with two attached hydrogens (primary N) is 1. The molecule has 4 nitrogen and oxygen atoms in total. The van der Waals surface area contributed by atoms with Gasteiger partial charge < -0.3 is 15.5 Å². The lowest BCUT2D eigenvalue weighted by molar-refractivity contribution is 0.337. The minimum absolute atomic E-state index is 0.480. The number of fused-ring (bicyclic) bond motifs is 1. The second-order valence-corrected chi connectivity index (χ2v) is 6.01. The Bertz CT molecular complexity index is 625. The largest absolute Gasteiger partial charge is 0.367 e. The van der Waals surface area contributed by atoms with Crippen LogP contribution in [0.25, 0.3) is 10.9 Å². The van der Waals surface area contributed by atoms with E-state index >= 15 is 0 Å². The summed E-state index contributed by atoms with van der Waals surface area (Å²) in [4.78, 5) is 9.49. The molecule has 1 aromatic heterocycles. The van der Waals surface area contributed by atoms with E-state index in [-0.39, 0.29) is 0 Å². The topological polar surface area (TPSA) is 45.4 Å². The Kier molecular flexibility index (Phi) is 4.08. The summed E-state index contributed by atoms with van der Waals surface area (Å²) in [5, 5.41) is 1.22. The maximum absolute atomic E-state index is 5.98. The molecular weight excluding hydrogens is 260 g/mol. The third-order valence-corrected chi connectivity index (χ3v) is 4.38. The maximum Gasteiger partial charge on any atom is 0.0723 e. The number of rotatable bonds is 2. The molecule has 0 saturated carbocycles. The fraction of sp³-hybridized carbons (Fsp3) is 0.471. The Labute approximate surface area is 126 Å². The van der Waals surface area contributed by atoms with Crippen molar-refractivity contribution in [3.8, 4) is 0 Å². The van der Waals surface area contributed by atoms with Crippen molar-refractivity contribution in [3.63, 3.8) is 0 Å². The van der Waals surface area contributed by atoms with Gasteiger partial charge in [0, 0.05) is 42.8 Å². The number of hydrogen-bond acceptors (Lipinski definition) is 4. The Hall–Kier alpha value is -1.65. The third-order valence-electron chi connectivity index (χ3n) is 4.38. The summed E-state index contributed by atoms with van der Waals surface area (Å²) < 4.78 is 0. The van der Waals surface area contributed by atoms with E-state index in [1.54, 1.807) is 0 Å². The van der Waals surface area contributed by atoms with Gasteiger partial charge in [-0.05, 0) is 33.0 Å². The van der Waals surface area contributed by atoms with E-state index in [4.69, 9.17) is 5.73 Å². The number of benzene rings is 1. The van der Waals surface area contributed by atoms with Crippen molar-refractivity contribution in [2.45, 2.75) is 25.9 Å². The molecule has 2 N–H and O–H groups in total. The van der Waals surface area contributed by atoms with Gasteiger partial charge in [-0.3, -0.25) is 4.98 Å². The van der Waals surface area contributed by atoms with Crippen LogP contribution in [0.3, 0.4) is 0 Å². The van der Waals surface area contributed by atoms with Crippen LogP contribution < -0.4 is 10.6 Å². The van der Waals surface area contributed by atoms with Gasteiger partial charge in [-0.1, -0.05) is 18.2 Å². The Morgan fingerprint density at radius 2 is 2.10 bits per heavy atom. The first-order chi connectivity index (χ1) is 10.2. The molecule has 112 valence electrons. The lowest BCUT2D eigenvalue weighted by Crippen LogP contribution is -2.38. The molecule has 2 heterocycles. The molecule has 3 rings (SSSR count). The van der Waals surface area contributed by atoms with Gasteiger partial charge in [-0.2, -0.15) is 0 Å². The van der Waals surface area contributed by atoms with E-state index in [0.29, 0.717) is 12.6 Å². The van der Waals surface area contributed by atoms with Crippen LogP contribution in [0.5, 0.6) is 0 Å². The highest BCUT2D eigenvalue weighted by Crippen LogP contribution is 2.31. The van der Waals surface area contributed by atoms with Gasteiger partial charge in [0.05, 0.1) is 11.2 Å². The van der Waals surface area contributed by atoms with Gasteiger partial charge >= 0.3 is 0 Å². The van der Waals surface area contributed by atoms with Crippen LogP contribution in [0, 0.1) is 0 Å². The van der Waals surface area contributed by atoms with Crippen LogP contribution >= 0.6 is 0 Å². The molecule has 4 heteroatoms. The average molecular weight is 284 g/mol. The summed E-state index contributed by atoms with van der Waals surface area (Å²) in [6.45, 7) is 6.15. The predicted octanol–water partition coefficient (Wildman–Crippen LogP) is 2.22. The Balaban J connectivity index is 2.13. The minimum Gasteiger partial charge on any atom is -0.367 e. The SMILES string of the molecule is CC1CN(C)CCCN1c1c(CN)cnc2ccccc12. The molecule has 0 amide bonds. The molecule has 1 atom stereocenters. The lowest BCUT2D eigenvalue weighted by Gasteiger charge is -2.32. The summed E-state index contributed by atoms with van der Waals surface area (Å²) in [6.07, 6.45) is 3.13. The smallest absolute Gasteiger partial charge is 0.0723 e. The Morgan fingerprint density at radius 3 is 2.90 bits per heavy atom. The fourth-order valence-corrected chi connectivity index (χ4v) is 3.36. The van der Waals surface area contributed by atoms with E-state index in [1.165, 1.54) is 17.5 Å². The standard InChI is InChI=1S/C17H24N4/c1-13-12-20(2)8-5-9-21(13)17-14(10-18)11-19-16-7-4-3-6-15(16)17/h3-4,6-7,11,13H,5,8-10,12,18H2,1-2H3. The number of nitrogens with zero attached hydrogens (tertiary/aromatic N) is 3. The molecule has 21 heavy (non-hydrogen) atoms. The van der Waals surface area contributed by atoms with Crippen molar-refractivity contribution in [2.24, 2.45) is 5.73 Å². The van der Waals surface area contributed by atoms with Crippen LogP contribution in [0.1, 0.15) is 18.9 Å². The highest BCUT2D eigenvalue weighted by molar-refractivity contribution is 5.93. The highest BCUT2D eigenvalue weighted by Gasteiger charge is 2.23. The van der Waals surface area contributed by atoms with E-state index < -0.39 is 0 Å². The van der Waals surface area contributed by atoms with Gasteiger partial charge in [0.25, 0.3) is 0 Å². The van der Waals surface area contributed by atoms with E-state index in [2.05, 4.69) is 47.0 Å². The zero-order valence-electron chi connectivity index (χ0n) is 12.9. The number of anilines is 1. The lowest BCUT2D eigenvalue weighted by atomic mass is 10.1. The quantitative estimate of drug-likeness (QED) is 0.918. The molecule has 1 unspecified atom stereocenters. The van der Waals surface area contributed by atoms with Crippen molar-refractivity contribution in [2.75, 3.05) is 31.6 Å². The summed E-state index contributed by atoms with van der Waals surface area (Å²) >= 11 is 0. The fourth-order valence-electron chi connectivity index (χ4n) is 3.36. The van der Waals surface area contributed by atoms with Crippen LogP contribution in [-0.4, -0.2) is 42.6 Å². The molecule has 2 aromatic rings. The summed E-state index contributed by atoms with van der Waals surface area (Å²) in [5.41, 5.74) is 9.46. The molecule has 0 spiro atoms. The number of para-hydroxylation sites is 1. The molecule has 1 aromatic carbocycles. The molecule has 1 saturated heterocycles. The Morgan fingerprint density at radius 1 is 1.29 bits per heavy atom.